The van der Waals surface area contributed by atoms with Crippen molar-refractivity contribution in [1.29, 1.82) is 0 Å². The smallest absolute Gasteiger partial charge is 0.237 e. The van der Waals surface area contributed by atoms with Gasteiger partial charge in [-0.1, -0.05) is 13.8 Å². The summed E-state index contributed by atoms with van der Waals surface area (Å²) in [6, 6.07) is -0.838. The van der Waals surface area contributed by atoms with Crippen molar-refractivity contribution in [1.82, 2.24) is 5.32 Å². The van der Waals surface area contributed by atoms with Crippen molar-refractivity contribution < 1.29 is 14.6 Å². The van der Waals surface area contributed by atoms with Crippen molar-refractivity contribution in [2.75, 3.05) is 13.2 Å². The van der Waals surface area contributed by atoms with Crippen LogP contribution in [0, 0.1) is 5.92 Å². The number of hydrogen-bond donors (Lipinski definition) is 3. The number of nitrogens with one attached hydrogen (secondary N) is 1. The lowest BCUT2D eigenvalue weighted by Crippen LogP contribution is -2.51. The number of aliphatic hydroxyl groups excluding tert-OH is 1. The summed E-state index contributed by atoms with van der Waals surface area (Å²) in [6.45, 7) is 4.40. The molecule has 1 fully saturated rings. The highest BCUT2D eigenvalue weighted by Gasteiger charge is 2.29. The number of carbonyl (C=O) groups excluding carboxylic acids is 1. The van der Waals surface area contributed by atoms with Crippen molar-refractivity contribution in [3.8, 4) is 0 Å². The molecule has 1 unspecified atom stereocenters. The summed E-state index contributed by atoms with van der Waals surface area (Å²) in [7, 11) is 0. The summed E-state index contributed by atoms with van der Waals surface area (Å²) in [4.78, 5) is 11.5. The second kappa shape index (κ2) is 4.72. The highest BCUT2D eigenvalue weighted by atomic mass is 16.5. The van der Waals surface area contributed by atoms with E-state index in [9.17, 15) is 9.90 Å². The lowest BCUT2D eigenvalue weighted by Gasteiger charge is -2.19. The largest absolute Gasteiger partial charge is 0.388 e. The first-order valence-electron chi connectivity index (χ1n) is 4.84. The summed E-state index contributed by atoms with van der Waals surface area (Å²) < 4.78 is 5.00. The van der Waals surface area contributed by atoms with E-state index < -0.39 is 12.1 Å². The van der Waals surface area contributed by atoms with Crippen LogP contribution in [0.1, 0.15) is 13.8 Å². The van der Waals surface area contributed by atoms with Crippen LogP contribution in [0.5, 0.6) is 0 Å². The average molecular weight is 202 g/mol. The topological polar surface area (TPSA) is 84.6 Å². The number of aliphatic hydroxyl groups is 1. The Labute approximate surface area is 83.6 Å². The van der Waals surface area contributed by atoms with Gasteiger partial charge < -0.3 is 20.9 Å². The molecular formula is C9H18N2O3. The molecule has 0 aromatic carbocycles. The van der Waals surface area contributed by atoms with Gasteiger partial charge >= 0.3 is 0 Å². The summed E-state index contributed by atoms with van der Waals surface area (Å²) in [5.41, 5.74) is 5.65. The molecule has 4 N–H and O–H groups in total. The quantitative estimate of drug-likeness (QED) is 0.539. The Balaban J connectivity index is 2.40. The van der Waals surface area contributed by atoms with Crippen LogP contribution in [-0.4, -0.2) is 42.4 Å². The molecule has 5 nitrogen and oxygen atoms in total. The van der Waals surface area contributed by atoms with E-state index in [2.05, 4.69) is 5.32 Å². The second-order valence-electron chi connectivity index (χ2n) is 3.99. The highest BCUT2D eigenvalue weighted by Crippen LogP contribution is 2.06. The van der Waals surface area contributed by atoms with Crippen molar-refractivity contribution in [2.24, 2.45) is 11.7 Å². The maximum absolute atomic E-state index is 11.5. The van der Waals surface area contributed by atoms with Gasteiger partial charge in [0.15, 0.2) is 0 Å². The van der Waals surface area contributed by atoms with Crippen molar-refractivity contribution >= 4 is 5.91 Å². The van der Waals surface area contributed by atoms with Crippen LogP contribution < -0.4 is 11.1 Å². The van der Waals surface area contributed by atoms with E-state index in [1.165, 1.54) is 0 Å². The molecule has 0 aliphatic carbocycles. The second-order valence-corrected chi connectivity index (χ2v) is 3.99. The first-order valence-corrected chi connectivity index (χ1v) is 4.84. The number of nitrogens with two attached hydrogens (primary N) is 1. The van der Waals surface area contributed by atoms with Crippen molar-refractivity contribution in [2.45, 2.75) is 32.0 Å². The summed E-state index contributed by atoms with van der Waals surface area (Å²) >= 11 is 0. The SMILES string of the molecule is CC(C)C(N)C(=O)N[C@@H]1COC[C@H]1O. The van der Waals surface area contributed by atoms with Crippen LogP contribution >= 0.6 is 0 Å². The highest BCUT2D eigenvalue weighted by molar-refractivity contribution is 5.82. The molecule has 14 heavy (non-hydrogen) atoms. The first kappa shape index (κ1) is 11.4. The molecule has 1 heterocycles. The maximum Gasteiger partial charge on any atom is 0.237 e. The Bertz CT molecular complexity index is 208. The fourth-order valence-electron chi connectivity index (χ4n) is 1.26. The standard InChI is InChI=1S/C9H18N2O3/c1-5(2)8(10)9(13)11-6-3-14-4-7(6)12/h5-8,12H,3-4,10H2,1-2H3,(H,11,13)/t6-,7-,8?/m1/s1. The van der Waals surface area contributed by atoms with Crippen LogP contribution in [0.4, 0.5) is 0 Å². The van der Waals surface area contributed by atoms with Crippen LogP contribution in [0.15, 0.2) is 0 Å². The number of ether oxygens (including phenoxy) is 1. The molecule has 0 spiro atoms. The van der Waals surface area contributed by atoms with Gasteiger partial charge in [0.1, 0.15) is 0 Å². The molecule has 82 valence electrons. The Hall–Kier alpha value is -0.650. The summed E-state index contributed by atoms with van der Waals surface area (Å²) in [5, 5.41) is 12.0. The molecule has 5 heteroatoms. The molecule has 0 aromatic rings. The minimum atomic E-state index is -0.613. The van der Waals surface area contributed by atoms with Crippen LogP contribution in [-0.2, 0) is 9.53 Å². The van der Waals surface area contributed by atoms with Gasteiger partial charge in [0, 0.05) is 0 Å². The maximum atomic E-state index is 11.5. The molecule has 0 bridgehead atoms. The van der Waals surface area contributed by atoms with Crippen molar-refractivity contribution in [3.05, 3.63) is 0 Å². The van der Waals surface area contributed by atoms with Crippen molar-refractivity contribution in [3.63, 3.8) is 0 Å². The summed E-state index contributed by atoms with van der Waals surface area (Å²) in [6.07, 6.45) is -0.613. The lowest BCUT2D eigenvalue weighted by molar-refractivity contribution is -0.124. The van der Waals surface area contributed by atoms with E-state index in [-0.39, 0.29) is 24.5 Å². The van der Waals surface area contributed by atoms with Gasteiger partial charge in [0.05, 0.1) is 31.4 Å². The van der Waals surface area contributed by atoms with Gasteiger partial charge in [-0.3, -0.25) is 4.79 Å². The van der Waals surface area contributed by atoms with Crippen LogP contribution in [0.2, 0.25) is 0 Å². The van der Waals surface area contributed by atoms with Crippen LogP contribution in [0.25, 0.3) is 0 Å². The molecule has 1 aliphatic rings. The minimum absolute atomic E-state index is 0.0921. The first-order chi connectivity index (χ1) is 6.52. The molecular weight excluding hydrogens is 184 g/mol. The molecule has 0 aromatic heterocycles. The van der Waals surface area contributed by atoms with Crippen LogP contribution in [0.3, 0.4) is 0 Å². The number of rotatable bonds is 3. The van der Waals surface area contributed by atoms with E-state index in [4.69, 9.17) is 10.5 Å². The molecule has 0 saturated carbocycles. The van der Waals surface area contributed by atoms with Gasteiger partial charge in [-0.25, -0.2) is 0 Å². The monoisotopic (exact) mass is 202 g/mol. The Kier molecular flexibility index (Phi) is 3.86. The molecule has 0 radical (unpaired) electrons. The zero-order chi connectivity index (χ0) is 10.7. The fraction of sp³-hybridized carbons (Fsp3) is 0.889. The molecule has 3 atom stereocenters. The zero-order valence-electron chi connectivity index (χ0n) is 8.56. The van der Waals surface area contributed by atoms with E-state index >= 15 is 0 Å². The Morgan fingerprint density at radius 3 is 2.64 bits per heavy atom. The summed E-state index contributed by atoms with van der Waals surface area (Å²) in [5.74, 6) is -0.135. The van der Waals surface area contributed by atoms with E-state index in [1.807, 2.05) is 13.8 Å². The van der Waals surface area contributed by atoms with Gasteiger partial charge in [0.25, 0.3) is 0 Å². The molecule has 1 aliphatic heterocycles. The van der Waals surface area contributed by atoms with Gasteiger partial charge in [-0.05, 0) is 5.92 Å². The molecule has 1 saturated heterocycles. The zero-order valence-corrected chi connectivity index (χ0v) is 8.56. The molecule has 1 amide bonds. The minimum Gasteiger partial charge on any atom is -0.388 e. The number of carbonyl (C=O) groups is 1. The predicted molar refractivity (Wildman–Crippen MR) is 51.6 cm³/mol. The average Bonchev–Trinajstić information content (AvgIpc) is 2.50. The van der Waals surface area contributed by atoms with E-state index in [0.717, 1.165) is 0 Å². The Morgan fingerprint density at radius 1 is 1.57 bits per heavy atom. The Morgan fingerprint density at radius 2 is 2.21 bits per heavy atom. The predicted octanol–water partition coefficient (Wildman–Crippen LogP) is -1.15. The van der Waals surface area contributed by atoms with Gasteiger partial charge in [0.2, 0.25) is 5.91 Å². The number of hydrogen-bond acceptors (Lipinski definition) is 4. The number of amides is 1. The molecule has 1 rings (SSSR count). The van der Waals surface area contributed by atoms with Gasteiger partial charge in [-0.2, -0.15) is 0 Å². The lowest BCUT2D eigenvalue weighted by atomic mass is 10.0. The third kappa shape index (κ3) is 2.67. The fourth-order valence-corrected chi connectivity index (χ4v) is 1.26. The third-order valence-corrected chi connectivity index (χ3v) is 2.40. The normalized spacial score (nSPS) is 29.2. The van der Waals surface area contributed by atoms with Gasteiger partial charge in [-0.15, -0.1) is 0 Å². The van der Waals surface area contributed by atoms with E-state index in [1.54, 1.807) is 0 Å². The van der Waals surface area contributed by atoms with E-state index in [0.29, 0.717) is 6.61 Å². The third-order valence-electron chi connectivity index (χ3n) is 2.40.